The molecule has 0 spiro atoms. The molecule has 2 aliphatic rings. The van der Waals surface area contributed by atoms with Crippen molar-refractivity contribution >= 4 is 11.7 Å². The van der Waals surface area contributed by atoms with Crippen LogP contribution in [0.5, 0.6) is 0 Å². The van der Waals surface area contributed by atoms with Gasteiger partial charge in [-0.05, 0) is 38.8 Å². The second-order valence-electron chi connectivity index (χ2n) is 5.58. The topological polar surface area (TPSA) is 54.5 Å². The highest BCUT2D eigenvalue weighted by atomic mass is 16.5. The van der Waals surface area contributed by atoms with Gasteiger partial charge >= 0.3 is 0 Å². The zero-order chi connectivity index (χ0) is 14.1. The molecule has 3 heterocycles. The zero-order valence-electron chi connectivity index (χ0n) is 12.1. The third kappa shape index (κ3) is 2.63. The fourth-order valence-corrected chi connectivity index (χ4v) is 3.03. The number of carbonyl (C=O) groups excluding carboxylic acids is 1. The summed E-state index contributed by atoms with van der Waals surface area (Å²) in [5.74, 6) is 0.863. The molecule has 2 saturated heterocycles. The Labute approximate surface area is 119 Å². The van der Waals surface area contributed by atoms with E-state index in [1.54, 1.807) is 0 Å². The Hall–Kier alpha value is -1.62. The van der Waals surface area contributed by atoms with Crippen LogP contribution in [-0.4, -0.2) is 47.6 Å². The number of hydrogen-bond acceptors (Lipinski definition) is 4. The maximum Gasteiger partial charge on any atom is 0.254 e. The molecule has 1 aromatic rings. The molecule has 2 atom stereocenters. The van der Waals surface area contributed by atoms with Gasteiger partial charge < -0.3 is 15.0 Å². The summed E-state index contributed by atoms with van der Waals surface area (Å²) in [7, 11) is 0. The summed E-state index contributed by atoms with van der Waals surface area (Å²) in [5.41, 5.74) is 1.58. The van der Waals surface area contributed by atoms with Gasteiger partial charge in [0.25, 0.3) is 5.91 Å². The molecule has 0 saturated carbocycles. The largest absolute Gasteiger partial charge is 0.371 e. The average Bonchev–Trinajstić information content (AvgIpc) is 2.76. The lowest BCUT2D eigenvalue weighted by atomic mass is 10.1. The number of nitrogens with zero attached hydrogens (tertiary/aromatic N) is 2. The van der Waals surface area contributed by atoms with E-state index in [1.807, 2.05) is 30.9 Å². The molecule has 0 radical (unpaired) electrons. The number of carbonyl (C=O) groups is 1. The van der Waals surface area contributed by atoms with Crippen molar-refractivity contribution in [2.75, 3.05) is 25.0 Å². The molecule has 3 rings (SSSR count). The third-order valence-electron chi connectivity index (χ3n) is 3.89. The highest BCUT2D eigenvalue weighted by Gasteiger charge is 2.36. The van der Waals surface area contributed by atoms with Gasteiger partial charge in [0.15, 0.2) is 0 Å². The number of hydrogen-bond donors (Lipinski definition) is 1. The summed E-state index contributed by atoms with van der Waals surface area (Å²) >= 11 is 0. The summed E-state index contributed by atoms with van der Waals surface area (Å²) in [6, 6.07) is 3.71. The molecule has 1 N–H and O–H groups in total. The van der Waals surface area contributed by atoms with Gasteiger partial charge in [-0.25, -0.2) is 4.98 Å². The van der Waals surface area contributed by atoms with E-state index < -0.39 is 0 Å². The number of amides is 1. The number of pyridine rings is 1. The highest BCUT2D eigenvalue weighted by Crippen LogP contribution is 2.27. The predicted molar refractivity (Wildman–Crippen MR) is 76.9 cm³/mol. The Morgan fingerprint density at radius 1 is 1.40 bits per heavy atom. The molecule has 1 amide bonds. The first kappa shape index (κ1) is 13.4. The first-order valence-corrected chi connectivity index (χ1v) is 7.33. The summed E-state index contributed by atoms with van der Waals surface area (Å²) in [6.07, 6.45) is 2.61. The number of fused-ring (bicyclic) bond motifs is 2. The third-order valence-corrected chi connectivity index (χ3v) is 3.89. The molecule has 5 heteroatoms. The second-order valence-corrected chi connectivity index (χ2v) is 5.58. The standard InChI is InChI=1S/C15H21N3O2/c1-3-16-14-7-11(6-10(2)17-14)15(19)18-8-12-4-5-13(9-18)20-12/h6-7,12-13H,3-5,8-9H2,1-2H3,(H,16,17). The summed E-state index contributed by atoms with van der Waals surface area (Å²) in [5, 5.41) is 3.17. The molecular formula is C15H21N3O2. The smallest absolute Gasteiger partial charge is 0.254 e. The van der Waals surface area contributed by atoms with E-state index in [4.69, 9.17) is 4.74 Å². The Balaban J connectivity index is 1.79. The van der Waals surface area contributed by atoms with Gasteiger partial charge in [-0.3, -0.25) is 4.79 Å². The Bertz CT molecular complexity index is 506. The minimum absolute atomic E-state index is 0.0925. The van der Waals surface area contributed by atoms with Crippen LogP contribution < -0.4 is 5.32 Å². The number of ether oxygens (including phenoxy) is 1. The predicted octanol–water partition coefficient (Wildman–Crippen LogP) is 1.83. The van der Waals surface area contributed by atoms with E-state index in [2.05, 4.69) is 10.3 Å². The van der Waals surface area contributed by atoms with Gasteiger partial charge in [0.1, 0.15) is 5.82 Å². The van der Waals surface area contributed by atoms with Crippen molar-refractivity contribution in [3.8, 4) is 0 Å². The summed E-state index contributed by atoms with van der Waals surface area (Å²) < 4.78 is 5.78. The van der Waals surface area contributed by atoms with E-state index in [9.17, 15) is 4.79 Å². The van der Waals surface area contributed by atoms with Crippen molar-refractivity contribution in [1.82, 2.24) is 9.88 Å². The molecule has 1 aromatic heterocycles. The number of rotatable bonds is 3. The number of aryl methyl sites for hydroxylation is 1. The maximum atomic E-state index is 12.6. The molecule has 108 valence electrons. The monoisotopic (exact) mass is 275 g/mol. The van der Waals surface area contributed by atoms with Crippen LogP contribution in [0.15, 0.2) is 12.1 Å². The number of nitrogens with one attached hydrogen (secondary N) is 1. The lowest BCUT2D eigenvalue weighted by Crippen LogP contribution is -2.45. The van der Waals surface area contributed by atoms with Crippen molar-refractivity contribution in [1.29, 1.82) is 0 Å². The Morgan fingerprint density at radius 2 is 2.10 bits per heavy atom. The SMILES string of the molecule is CCNc1cc(C(=O)N2CC3CCC(C2)O3)cc(C)n1. The van der Waals surface area contributed by atoms with Gasteiger partial charge in [-0.1, -0.05) is 0 Å². The van der Waals surface area contributed by atoms with E-state index in [0.29, 0.717) is 13.1 Å². The van der Waals surface area contributed by atoms with Crippen LogP contribution in [-0.2, 0) is 4.74 Å². The number of morpholine rings is 1. The molecule has 2 unspecified atom stereocenters. The fourth-order valence-electron chi connectivity index (χ4n) is 3.03. The normalized spacial score (nSPS) is 24.8. The summed E-state index contributed by atoms with van der Waals surface area (Å²) in [6.45, 7) is 6.16. The van der Waals surface area contributed by atoms with Crippen molar-refractivity contribution in [2.45, 2.75) is 38.9 Å². The first-order chi connectivity index (χ1) is 9.65. The molecule has 0 aliphatic carbocycles. The molecule has 5 nitrogen and oxygen atoms in total. The van der Waals surface area contributed by atoms with Crippen LogP contribution in [0.1, 0.15) is 35.8 Å². The molecule has 2 fully saturated rings. The Kier molecular flexibility index (Phi) is 3.61. The molecular weight excluding hydrogens is 254 g/mol. The molecule has 0 aromatic carbocycles. The molecule has 2 aliphatic heterocycles. The van der Waals surface area contributed by atoms with Crippen LogP contribution >= 0.6 is 0 Å². The van der Waals surface area contributed by atoms with Crippen LogP contribution in [0.3, 0.4) is 0 Å². The lowest BCUT2D eigenvalue weighted by Gasteiger charge is -2.32. The van der Waals surface area contributed by atoms with Crippen molar-refractivity contribution in [3.05, 3.63) is 23.4 Å². The van der Waals surface area contributed by atoms with E-state index >= 15 is 0 Å². The number of likely N-dealkylation sites (tertiary alicyclic amines) is 1. The molecule has 20 heavy (non-hydrogen) atoms. The quantitative estimate of drug-likeness (QED) is 0.914. The minimum atomic E-state index is 0.0925. The van der Waals surface area contributed by atoms with Gasteiger partial charge in [0.05, 0.1) is 12.2 Å². The number of aromatic nitrogens is 1. The van der Waals surface area contributed by atoms with Gasteiger partial charge in [-0.2, -0.15) is 0 Å². The molecule has 2 bridgehead atoms. The van der Waals surface area contributed by atoms with Crippen LogP contribution in [0.4, 0.5) is 5.82 Å². The maximum absolute atomic E-state index is 12.6. The lowest BCUT2D eigenvalue weighted by molar-refractivity contribution is -0.0303. The fraction of sp³-hybridized carbons (Fsp3) is 0.600. The van der Waals surface area contributed by atoms with Crippen molar-refractivity contribution < 1.29 is 9.53 Å². The highest BCUT2D eigenvalue weighted by molar-refractivity contribution is 5.95. The minimum Gasteiger partial charge on any atom is -0.371 e. The Morgan fingerprint density at radius 3 is 2.75 bits per heavy atom. The van der Waals surface area contributed by atoms with Crippen LogP contribution in [0, 0.1) is 6.92 Å². The van der Waals surface area contributed by atoms with Crippen molar-refractivity contribution in [3.63, 3.8) is 0 Å². The second kappa shape index (κ2) is 5.40. The zero-order valence-corrected chi connectivity index (χ0v) is 12.1. The van der Waals surface area contributed by atoms with Gasteiger partial charge in [0, 0.05) is 30.9 Å². The van der Waals surface area contributed by atoms with Crippen molar-refractivity contribution in [2.24, 2.45) is 0 Å². The van der Waals surface area contributed by atoms with E-state index in [-0.39, 0.29) is 18.1 Å². The van der Waals surface area contributed by atoms with E-state index in [1.165, 1.54) is 0 Å². The average molecular weight is 275 g/mol. The summed E-state index contributed by atoms with van der Waals surface area (Å²) in [4.78, 5) is 19.0. The number of anilines is 1. The first-order valence-electron chi connectivity index (χ1n) is 7.33. The van der Waals surface area contributed by atoms with Crippen LogP contribution in [0.25, 0.3) is 0 Å². The van der Waals surface area contributed by atoms with E-state index in [0.717, 1.165) is 36.5 Å². The van der Waals surface area contributed by atoms with Crippen LogP contribution in [0.2, 0.25) is 0 Å². The van der Waals surface area contributed by atoms with Gasteiger partial charge in [0.2, 0.25) is 0 Å². The van der Waals surface area contributed by atoms with Gasteiger partial charge in [-0.15, -0.1) is 0 Å².